The summed E-state index contributed by atoms with van der Waals surface area (Å²) in [5.74, 6) is 9.31. The summed E-state index contributed by atoms with van der Waals surface area (Å²) in [5, 5.41) is 9.36. The Kier molecular flexibility index (Phi) is 13.0. The molecular weight excluding hydrogens is 252 g/mol. The molecule has 0 bridgehead atoms. The van der Waals surface area contributed by atoms with Crippen molar-refractivity contribution in [2.24, 2.45) is 0 Å². The van der Waals surface area contributed by atoms with Crippen LogP contribution in [0.2, 0.25) is 0 Å². The summed E-state index contributed by atoms with van der Waals surface area (Å²) in [7, 11) is 1.25. The third-order valence-electron chi connectivity index (χ3n) is 2.89. The van der Waals surface area contributed by atoms with Gasteiger partial charge in [-0.2, -0.15) is 0 Å². The number of aliphatic hydroxyl groups excluding tert-OH is 1. The lowest BCUT2D eigenvalue weighted by atomic mass is 10.1. The molecule has 0 spiro atoms. The Hall–Kier alpha value is -1.45. The molecule has 0 aromatic rings. The summed E-state index contributed by atoms with van der Waals surface area (Å²) >= 11 is 0. The van der Waals surface area contributed by atoms with Gasteiger partial charge >= 0.3 is 5.97 Å². The Balaban J connectivity index is 3.52. The molecule has 0 aromatic heterocycles. The molecule has 0 aliphatic carbocycles. The first kappa shape index (κ1) is 18.6. The highest BCUT2D eigenvalue weighted by Gasteiger charge is 1.94. The van der Waals surface area contributed by atoms with Crippen LogP contribution in [0.15, 0.2) is 0 Å². The predicted octanol–water partition coefficient (Wildman–Crippen LogP) is 3.06. The summed E-state index contributed by atoms with van der Waals surface area (Å²) in [6.07, 6.45) is 9.82. The summed E-state index contributed by atoms with van der Waals surface area (Å²) in [4.78, 5) is 10.7. The van der Waals surface area contributed by atoms with Crippen LogP contribution in [0, 0.1) is 23.7 Å². The third-order valence-corrected chi connectivity index (χ3v) is 2.89. The van der Waals surface area contributed by atoms with Gasteiger partial charge < -0.3 is 9.84 Å². The summed E-state index contributed by atoms with van der Waals surface area (Å²) < 4.78 is 4.33. The van der Waals surface area contributed by atoms with Crippen LogP contribution in [-0.4, -0.2) is 24.3 Å². The molecule has 0 heterocycles. The van der Waals surface area contributed by atoms with Gasteiger partial charge in [0.2, 0.25) is 0 Å². The van der Waals surface area contributed by atoms with Crippen LogP contribution in [0.4, 0.5) is 0 Å². The van der Waals surface area contributed by atoms with Crippen LogP contribution in [0.25, 0.3) is 0 Å². The minimum Gasteiger partial charge on any atom is -0.459 e. The van der Waals surface area contributed by atoms with E-state index in [1.54, 1.807) is 0 Å². The monoisotopic (exact) mass is 278 g/mol. The van der Waals surface area contributed by atoms with Crippen molar-refractivity contribution < 1.29 is 14.6 Å². The standard InChI is InChI=1S/C17H26O3/c1-3-4-5-6-7-8-9-10-11-12-13-16(18)14-15-17(19)20-2/h16,18H,3-11H2,1-2H3. The number of hydrogen-bond acceptors (Lipinski definition) is 3. The lowest BCUT2D eigenvalue weighted by Crippen LogP contribution is -2.01. The summed E-state index contributed by atoms with van der Waals surface area (Å²) in [5.41, 5.74) is 0. The van der Waals surface area contributed by atoms with E-state index in [9.17, 15) is 9.90 Å². The SMILES string of the molecule is CCCCCCCCCCC#CC(O)C#CC(=O)OC. The van der Waals surface area contributed by atoms with E-state index >= 15 is 0 Å². The Morgan fingerprint density at radius 1 is 1.05 bits per heavy atom. The molecule has 0 aliphatic heterocycles. The number of esters is 1. The zero-order valence-electron chi connectivity index (χ0n) is 12.7. The smallest absolute Gasteiger partial charge is 0.384 e. The molecule has 112 valence electrons. The highest BCUT2D eigenvalue weighted by Crippen LogP contribution is 2.09. The molecule has 0 radical (unpaired) electrons. The Morgan fingerprint density at radius 3 is 2.25 bits per heavy atom. The largest absolute Gasteiger partial charge is 0.459 e. The van der Waals surface area contributed by atoms with Gasteiger partial charge in [-0.3, -0.25) is 0 Å². The average molecular weight is 278 g/mol. The first-order chi connectivity index (χ1) is 9.70. The number of carbonyl (C=O) groups is 1. The molecule has 0 saturated carbocycles. The van der Waals surface area contributed by atoms with Crippen LogP contribution < -0.4 is 0 Å². The van der Waals surface area contributed by atoms with E-state index in [1.807, 2.05) is 0 Å². The highest BCUT2D eigenvalue weighted by molar-refractivity contribution is 5.88. The van der Waals surface area contributed by atoms with Gasteiger partial charge in [-0.05, 0) is 12.3 Å². The highest BCUT2D eigenvalue weighted by atomic mass is 16.5. The third kappa shape index (κ3) is 13.0. The topological polar surface area (TPSA) is 46.5 Å². The van der Waals surface area contributed by atoms with Gasteiger partial charge in [-0.1, -0.05) is 63.7 Å². The van der Waals surface area contributed by atoms with Gasteiger partial charge in [0.05, 0.1) is 7.11 Å². The van der Waals surface area contributed by atoms with Gasteiger partial charge in [-0.25, -0.2) is 4.79 Å². The maximum atomic E-state index is 10.7. The lowest BCUT2D eigenvalue weighted by molar-refractivity contribution is -0.133. The van der Waals surface area contributed by atoms with Gasteiger partial charge in [0.15, 0.2) is 6.10 Å². The molecule has 3 heteroatoms. The molecule has 0 aliphatic rings. The van der Waals surface area contributed by atoms with Crippen LogP contribution >= 0.6 is 0 Å². The van der Waals surface area contributed by atoms with Gasteiger partial charge in [0.25, 0.3) is 0 Å². The minimum atomic E-state index is -1.07. The molecule has 0 aromatic carbocycles. The maximum Gasteiger partial charge on any atom is 0.384 e. The number of ether oxygens (including phenoxy) is 1. The van der Waals surface area contributed by atoms with Crippen molar-refractivity contribution >= 4 is 5.97 Å². The van der Waals surface area contributed by atoms with Crippen molar-refractivity contribution in [2.75, 3.05) is 7.11 Å². The zero-order chi connectivity index (χ0) is 15.1. The molecule has 1 N–H and O–H groups in total. The van der Waals surface area contributed by atoms with Crippen molar-refractivity contribution in [3.8, 4) is 23.7 Å². The number of rotatable bonds is 8. The van der Waals surface area contributed by atoms with E-state index in [0.717, 1.165) is 12.8 Å². The first-order valence-corrected chi connectivity index (χ1v) is 7.46. The van der Waals surface area contributed by atoms with E-state index in [1.165, 1.54) is 52.1 Å². The number of unbranched alkanes of at least 4 members (excludes halogenated alkanes) is 8. The number of aliphatic hydroxyl groups is 1. The van der Waals surface area contributed by atoms with E-state index in [-0.39, 0.29) is 0 Å². The predicted molar refractivity (Wildman–Crippen MR) is 80.8 cm³/mol. The number of carbonyl (C=O) groups excluding carboxylic acids is 1. The van der Waals surface area contributed by atoms with E-state index in [4.69, 9.17) is 0 Å². The van der Waals surface area contributed by atoms with Crippen LogP contribution in [-0.2, 0) is 9.53 Å². The quantitative estimate of drug-likeness (QED) is 0.321. The van der Waals surface area contributed by atoms with Crippen molar-refractivity contribution in [1.29, 1.82) is 0 Å². The molecule has 0 rings (SSSR count). The van der Waals surface area contributed by atoms with Crippen molar-refractivity contribution in [3.63, 3.8) is 0 Å². The van der Waals surface area contributed by atoms with Crippen molar-refractivity contribution in [2.45, 2.75) is 70.8 Å². The minimum absolute atomic E-state index is 0.658. The van der Waals surface area contributed by atoms with E-state index in [2.05, 4.69) is 35.3 Å². The van der Waals surface area contributed by atoms with Crippen LogP contribution in [0.1, 0.15) is 64.7 Å². The zero-order valence-corrected chi connectivity index (χ0v) is 12.7. The van der Waals surface area contributed by atoms with Crippen molar-refractivity contribution in [3.05, 3.63) is 0 Å². The average Bonchev–Trinajstić information content (AvgIpc) is 2.46. The summed E-state index contributed by atoms with van der Waals surface area (Å²) in [6, 6.07) is 0. The number of hydrogen-bond donors (Lipinski definition) is 1. The Labute approximate surface area is 123 Å². The fraction of sp³-hybridized carbons (Fsp3) is 0.706. The second kappa shape index (κ2) is 14.0. The molecule has 0 fully saturated rings. The van der Waals surface area contributed by atoms with E-state index in [0.29, 0.717) is 0 Å². The van der Waals surface area contributed by atoms with Crippen molar-refractivity contribution in [1.82, 2.24) is 0 Å². The fourth-order valence-corrected chi connectivity index (χ4v) is 1.73. The maximum absolute atomic E-state index is 10.7. The molecule has 3 nitrogen and oxygen atoms in total. The lowest BCUT2D eigenvalue weighted by Gasteiger charge is -1.99. The fourth-order valence-electron chi connectivity index (χ4n) is 1.73. The van der Waals surface area contributed by atoms with E-state index < -0.39 is 12.1 Å². The molecule has 0 saturated heterocycles. The van der Waals surface area contributed by atoms with Gasteiger partial charge in [0, 0.05) is 12.3 Å². The van der Waals surface area contributed by atoms with Crippen LogP contribution in [0.3, 0.4) is 0 Å². The summed E-state index contributed by atoms with van der Waals surface area (Å²) in [6.45, 7) is 2.22. The van der Waals surface area contributed by atoms with Gasteiger partial charge in [-0.15, -0.1) is 0 Å². The Bertz CT molecular complexity index is 365. The molecule has 0 amide bonds. The second-order valence-corrected chi connectivity index (χ2v) is 4.71. The Morgan fingerprint density at radius 2 is 1.65 bits per heavy atom. The van der Waals surface area contributed by atoms with Crippen LogP contribution in [0.5, 0.6) is 0 Å². The molecule has 1 atom stereocenters. The normalized spacial score (nSPS) is 10.8. The second-order valence-electron chi connectivity index (χ2n) is 4.71. The first-order valence-electron chi connectivity index (χ1n) is 7.46. The molecule has 1 unspecified atom stereocenters. The molecule has 20 heavy (non-hydrogen) atoms. The number of methoxy groups -OCH3 is 1. The molecular formula is C17H26O3. The van der Waals surface area contributed by atoms with Gasteiger partial charge in [0.1, 0.15) is 0 Å².